The minimum atomic E-state index is -0.363. The van der Waals surface area contributed by atoms with Crippen LogP contribution in [0.15, 0.2) is 48.5 Å². The highest BCUT2D eigenvalue weighted by Gasteiger charge is 2.18. The fraction of sp³-hybridized carbons (Fsp3) is 0.368. The zero-order valence-corrected chi connectivity index (χ0v) is 13.6. The number of para-hydroxylation sites is 2. The summed E-state index contributed by atoms with van der Waals surface area (Å²) in [6.45, 7) is 7.84. The molecule has 1 aromatic heterocycles. The van der Waals surface area contributed by atoms with E-state index in [0.29, 0.717) is 13.1 Å². The minimum absolute atomic E-state index is 0.141. The Morgan fingerprint density at radius 3 is 1.95 bits per heavy atom. The van der Waals surface area contributed by atoms with Crippen LogP contribution in [0.1, 0.15) is 20.8 Å². The van der Waals surface area contributed by atoms with Gasteiger partial charge in [-0.2, -0.15) is 0 Å². The van der Waals surface area contributed by atoms with Crippen molar-refractivity contribution in [2.45, 2.75) is 39.0 Å². The van der Waals surface area contributed by atoms with Gasteiger partial charge in [0.25, 0.3) is 0 Å². The fourth-order valence-corrected chi connectivity index (χ4v) is 2.97. The lowest BCUT2D eigenvalue weighted by Crippen LogP contribution is -2.96. The molecule has 0 radical (unpaired) electrons. The van der Waals surface area contributed by atoms with Gasteiger partial charge in [-0.05, 0) is 32.9 Å². The van der Waals surface area contributed by atoms with Gasteiger partial charge in [-0.3, -0.25) is 0 Å². The lowest BCUT2D eigenvalue weighted by atomic mass is 10.1. The van der Waals surface area contributed by atoms with Crippen molar-refractivity contribution in [2.24, 2.45) is 0 Å². The molecule has 0 aliphatic carbocycles. The van der Waals surface area contributed by atoms with Crippen molar-refractivity contribution in [3.63, 3.8) is 0 Å². The van der Waals surface area contributed by atoms with Gasteiger partial charge in [-0.15, -0.1) is 0 Å². The maximum Gasteiger partial charge on any atom is 0.121 e. The standard InChI is InChI=1S/C19H24N2O/c1-19(2,3)20-12-14(22)13-21-17-10-6-4-8-15(17)16-9-5-7-11-18(16)21/h4-11,14,20,22H,12-13H2,1-3H3/p+1/t14-/m0/s1. The molecule has 1 heterocycles. The predicted molar refractivity (Wildman–Crippen MR) is 92.0 cm³/mol. The largest absolute Gasteiger partial charge is 0.385 e. The van der Waals surface area contributed by atoms with E-state index in [2.05, 4.69) is 79.2 Å². The van der Waals surface area contributed by atoms with E-state index in [0.717, 1.165) is 0 Å². The molecule has 1 atom stereocenters. The van der Waals surface area contributed by atoms with Gasteiger partial charge in [0.1, 0.15) is 12.6 Å². The third-order valence-corrected chi connectivity index (χ3v) is 4.08. The Kier molecular flexibility index (Phi) is 3.94. The van der Waals surface area contributed by atoms with Crippen LogP contribution in [-0.4, -0.2) is 27.9 Å². The van der Waals surface area contributed by atoms with Gasteiger partial charge in [0.05, 0.1) is 12.1 Å². The van der Waals surface area contributed by atoms with Crippen molar-refractivity contribution in [3.8, 4) is 0 Å². The smallest absolute Gasteiger partial charge is 0.121 e. The molecule has 0 saturated carbocycles. The number of aliphatic hydroxyl groups is 1. The summed E-state index contributed by atoms with van der Waals surface area (Å²) in [6.07, 6.45) is -0.363. The molecule has 3 nitrogen and oxygen atoms in total. The van der Waals surface area contributed by atoms with Crippen molar-refractivity contribution in [2.75, 3.05) is 6.54 Å². The Morgan fingerprint density at radius 1 is 0.955 bits per heavy atom. The normalized spacial score (nSPS) is 13.8. The van der Waals surface area contributed by atoms with E-state index in [9.17, 15) is 5.11 Å². The topological polar surface area (TPSA) is 41.8 Å². The Labute approximate surface area is 131 Å². The van der Waals surface area contributed by atoms with Crippen LogP contribution in [0, 0.1) is 0 Å². The summed E-state index contributed by atoms with van der Waals surface area (Å²) < 4.78 is 2.24. The molecule has 0 unspecified atom stereocenters. The predicted octanol–water partition coefficient (Wildman–Crippen LogP) is 2.52. The third kappa shape index (κ3) is 3.01. The summed E-state index contributed by atoms with van der Waals surface area (Å²) in [5, 5.41) is 15.2. The highest BCUT2D eigenvalue weighted by atomic mass is 16.3. The first-order valence-electron chi connectivity index (χ1n) is 7.94. The van der Waals surface area contributed by atoms with Crippen LogP contribution in [0.4, 0.5) is 0 Å². The number of nitrogens with two attached hydrogens (primary N) is 1. The third-order valence-electron chi connectivity index (χ3n) is 4.08. The van der Waals surface area contributed by atoms with Crippen LogP contribution >= 0.6 is 0 Å². The zero-order valence-electron chi connectivity index (χ0n) is 13.6. The van der Waals surface area contributed by atoms with Crippen molar-refractivity contribution in [1.82, 2.24) is 4.57 Å². The molecule has 0 saturated heterocycles. The van der Waals surface area contributed by atoms with Crippen molar-refractivity contribution < 1.29 is 10.4 Å². The monoisotopic (exact) mass is 297 g/mol. The second-order valence-corrected chi connectivity index (χ2v) is 7.10. The quantitative estimate of drug-likeness (QED) is 0.763. The molecule has 3 heteroatoms. The average molecular weight is 297 g/mol. The van der Waals surface area contributed by atoms with Gasteiger partial charge in [0.15, 0.2) is 0 Å². The summed E-state index contributed by atoms with van der Waals surface area (Å²) in [5.41, 5.74) is 2.53. The van der Waals surface area contributed by atoms with Crippen molar-refractivity contribution in [3.05, 3.63) is 48.5 Å². The SMILES string of the molecule is CC(C)(C)[NH2+]C[C@H](O)Cn1c2ccccc2c2ccccc21. The molecular formula is C19H25N2O+. The molecular weight excluding hydrogens is 272 g/mol. The van der Waals surface area contributed by atoms with E-state index in [4.69, 9.17) is 0 Å². The Bertz CT molecular complexity index is 730. The zero-order chi connectivity index (χ0) is 15.7. The Hall–Kier alpha value is -1.84. The van der Waals surface area contributed by atoms with Crippen LogP contribution in [0.5, 0.6) is 0 Å². The van der Waals surface area contributed by atoms with Gasteiger partial charge >= 0.3 is 0 Å². The molecule has 3 N–H and O–H groups in total. The molecule has 3 rings (SSSR count). The number of quaternary nitrogens is 1. The first kappa shape index (κ1) is 15.1. The Balaban J connectivity index is 1.95. The van der Waals surface area contributed by atoms with E-state index in [1.165, 1.54) is 21.8 Å². The molecule has 0 aliphatic rings. The van der Waals surface area contributed by atoms with Crippen LogP contribution in [0.2, 0.25) is 0 Å². The fourth-order valence-electron chi connectivity index (χ4n) is 2.97. The lowest BCUT2D eigenvalue weighted by molar-refractivity contribution is -0.722. The molecule has 0 aliphatic heterocycles. The van der Waals surface area contributed by atoms with E-state index >= 15 is 0 Å². The van der Waals surface area contributed by atoms with Crippen LogP contribution in [0.25, 0.3) is 21.8 Å². The number of benzene rings is 2. The molecule has 116 valence electrons. The molecule has 2 aromatic carbocycles. The summed E-state index contributed by atoms with van der Waals surface area (Å²) in [5.74, 6) is 0. The molecule has 22 heavy (non-hydrogen) atoms. The first-order valence-corrected chi connectivity index (χ1v) is 7.94. The van der Waals surface area contributed by atoms with Crippen LogP contribution in [-0.2, 0) is 6.54 Å². The number of nitrogens with zero attached hydrogens (tertiary/aromatic N) is 1. The number of hydrogen-bond acceptors (Lipinski definition) is 1. The highest BCUT2D eigenvalue weighted by molar-refractivity contribution is 6.07. The van der Waals surface area contributed by atoms with Gasteiger partial charge < -0.3 is 15.0 Å². The van der Waals surface area contributed by atoms with Crippen LogP contribution < -0.4 is 5.32 Å². The van der Waals surface area contributed by atoms with Gasteiger partial charge in [0, 0.05) is 21.8 Å². The molecule has 3 aromatic rings. The van der Waals surface area contributed by atoms with Gasteiger partial charge in [-0.1, -0.05) is 36.4 Å². The van der Waals surface area contributed by atoms with Crippen LogP contribution in [0.3, 0.4) is 0 Å². The number of fused-ring (bicyclic) bond motifs is 3. The first-order chi connectivity index (χ1) is 10.5. The number of rotatable bonds is 4. The summed E-state index contributed by atoms with van der Waals surface area (Å²) in [6, 6.07) is 16.8. The molecule has 0 fully saturated rings. The molecule has 0 spiro atoms. The van der Waals surface area contributed by atoms with E-state index in [1.54, 1.807) is 0 Å². The second kappa shape index (κ2) is 5.75. The number of aromatic nitrogens is 1. The highest BCUT2D eigenvalue weighted by Crippen LogP contribution is 2.28. The number of aliphatic hydroxyl groups excluding tert-OH is 1. The number of hydrogen-bond donors (Lipinski definition) is 2. The van der Waals surface area contributed by atoms with Gasteiger partial charge in [0.2, 0.25) is 0 Å². The maximum absolute atomic E-state index is 10.5. The van der Waals surface area contributed by atoms with Crippen molar-refractivity contribution in [1.29, 1.82) is 0 Å². The summed E-state index contributed by atoms with van der Waals surface area (Å²) >= 11 is 0. The maximum atomic E-state index is 10.5. The van der Waals surface area contributed by atoms with E-state index < -0.39 is 0 Å². The van der Waals surface area contributed by atoms with Gasteiger partial charge in [-0.25, -0.2) is 0 Å². The molecule has 0 bridgehead atoms. The second-order valence-electron chi connectivity index (χ2n) is 7.10. The van der Waals surface area contributed by atoms with E-state index in [1.807, 2.05) is 0 Å². The molecule has 0 amide bonds. The van der Waals surface area contributed by atoms with E-state index in [-0.39, 0.29) is 11.6 Å². The lowest BCUT2D eigenvalue weighted by Gasteiger charge is -2.20. The average Bonchev–Trinajstić information content (AvgIpc) is 2.80. The Morgan fingerprint density at radius 2 is 1.45 bits per heavy atom. The van der Waals surface area contributed by atoms with Crippen molar-refractivity contribution >= 4 is 21.8 Å². The minimum Gasteiger partial charge on any atom is -0.385 e. The summed E-state index contributed by atoms with van der Waals surface area (Å²) in [4.78, 5) is 0. The summed E-state index contributed by atoms with van der Waals surface area (Å²) in [7, 11) is 0.